The van der Waals surface area contributed by atoms with Gasteiger partial charge in [-0.25, -0.2) is 9.97 Å². The number of aromatic nitrogens is 2. The van der Waals surface area contributed by atoms with E-state index in [2.05, 4.69) is 21.4 Å². The predicted molar refractivity (Wildman–Crippen MR) is 70.8 cm³/mol. The Hall–Kier alpha value is -1.67. The van der Waals surface area contributed by atoms with Gasteiger partial charge >= 0.3 is 0 Å². The lowest BCUT2D eigenvalue weighted by molar-refractivity contribution is 0.0876. The average Bonchev–Trinajstić information content (AvgIpc) is 2.33. The number of nitrogens with zero attached hydrogens (tertiary/aromatic N) is 3. The first-order valence-electron chi connectivity index (χ1n) is 6.23. The second-order valence-corrected chi connectivity index (χ2v) is 5.49. The lowest BCUT2D eigenvalue weighted by Gasteiger charge is -2.35. The largest absolute Gasteiger partial charge is 0.332 e. The Kier molecular flexibility index (Phi) is 3.72. The minimum atomic E-state index is -0.747. The Bertz CT molecular complexity index is 546. The number of hydrogen-bond acceptors (Lipinski definition) is 4. The summed E-state index contributed by atoms with van der Waals surface area (Å²) in [5, 5.41) is 12.0. The molecule has 2 rings (SSSR count). The molecule has 1 aromatic rings. The number of halogens is 1. The number of nitriles is 1. The first kappa shape index (κ1) is 13.8. The van der Waals surface area contributed by atoms with E-state index in [1.807, 2.05) is 13.8 Å². The molecule has 1 fully saturated rings. The monoisotopic (exact) mass is 278 g/mol. The summed E-state index contributed by atoms with van der Waals surface area (Å²) in [5.41, 5.74) is -0.606. The second kappa shape index (κ2) is 5.14. The van der Waals surface area contributed by atoms with E-state index in [1.54, 1.807) is 0 Å². The smallest absolute Gasteiger partial charge is 0.272 e. The lowest BCUT2D eigenvalue weighted by Crippen LogP contribution is -2.52. The van der Waals surface area contributed by atoms with Crippen molar-refractivity contribution in [3.05, 3.63) is 22.7 Å². The van der Waals surface area contributed by atoms with Crippen LogP contribution in [-0.2, 0) is 0 Å². The highest BCUT2D eigenvalue weighted by Crippen LogP contribution is 2.31. The van der Waals surface area contributed by atoms with Crippen LogP contribution in [0.4, 0.5) is 0 Å². The van der Waals surface area contributed by atoms with Gasteiger partial charge in [0.1, 0.15) is 11.4 Å². The molecular formula is C13H15ClN4O. The molecule has 0 spiro atoms. The van der Waals surface area contributed by atoms with Gasteiger partial charge in [0.15, 0.2) is 5.69 Å². The van der Waals surface area contributed by atoms with Crippen molar-refractivity contribution >= 4 is 17.5 Å². The van der Waals surface area contributed by atoms with Crippen molar-refractivity contribution in [1.29, 1.82) is 5.26 Å². The third-order valence-corrected chi connectivity index (χ3v) is 3.54. The predicted octanol–water partition coefficient (Wildman–Crippen LogP) is 2.43. The van der Waals surface area contributed by atoms with Crippen molar-refractivity contribution in [3.8, 4) is 6.07 Å². The van der Waals surface area contributed by atoms with Gasteiger partial charge < -0.3 is 5.32 Å². The van der Waals surface area contributed by atoms with Gasteiger partial charge in [0.05, 0.1) is 17.3 Å². The Balaban J connectivity index is 2.24. The Morgan fingerprint density at radius 3 is 2.74 bits per heavy atom. The molecule has 0 atom stereocenters. The van der Waals surface area contributed by atoms with Gasteiger partial charge in [-0.15, -0.1) is 0 Å². The highest BCUT2D eigenvalue weighted by atomic mass is 35.5. The van der Waals surface area contributed by atoms with Crippen LogP contribution in [0.5, 0.6) is 0 Å². The zero-order chi connectivity index (χ0) is 14.0. The number of carbonyl (C=O) groups excluding carboxylic acids is 1. The first-order valence-corrected chi connectivity index (χ1v) is 6.61. The van der Waals surface area contributed by atoms with Gasteiger partial charge in [-0.05, 0) is 19.3 Å². The summed E-state index contributed by atoms with van der Waals surface area (Å²) in [6, 6.07) is 2.15. The summed E-state index contributed by atoms with van der Waals surface area (Å²) in [6.45, 7) is 3.88. The van der Waals surface area contributed by atoms with Crippen LogP contribution in [0.2, 0.25) is 5.02 Å². The molecule has 100 valence electrons. The normalized spacial score (nSPS) is 16.6. The highest BCUT2D eigenvalue weighted by Gasteiger charge is 2.39. The van der Waals surface area contributed by atoms with Crippen LogP contribution in [0.1, 0.15) is 55.3 Å². The molecule has 1 aliphatic carbocycles. The summed E-state index contributed by atoms with van der Waals surface area (Å²) in [4.78, 5) is 20.4. The van der Waals surface area contributed by atoms with Crippen LogP contribution < -0.4 is 5.32 Å². The molecule has 6 heteroatoms. The molecule has 1 aliphatic rings. The maximum atomic E-state index is 12.2. The Morgan fingerprint density at radius 2 is 2.26 bits per heavy atom. The van der Waals surface area contributed by atoms with Gasteiger partial charge in [0.25, 0.3) is 5.91 Å². The molecule has 0 aromatic carbocycles. The topological polar surface area (TPSA) is 78.7 Å². The van der Waals surface area contributed by atoms with E-state index < -0.39 is 11.4 Å². The van der Waals surface area contributed by atoms with Crippen LogP contribution in [0.3, 0.4) is 0 Å². The van der Waals surface area contributed by atoms with Crippen LogP contribution >= 0.6 is 11.6 Å². The van der Waals surface area contributed by atoms with E-state index in [0.717, 1.165) is 6.42 Å². The quantitative estimate of drug-likeness (QED) is 0.921. The summed E-state index contributed by atoms with van der Waals surface area (Å²) in [6.07, 6.45) is 3.73. The van der Waals surface area contributed by atoms with Crippen molar-refractivity contribution < 1.29 is 4.79 Å². The third kappa shape index (κ3) is 2.69. The molecule has 0 bridgehead atoms. The maximum Gasteiger partial charge on any atom is 0.272 e. The van der Waals surface area contributed by atoms with E-state index in [0.29, 0.717) is 18.7 Å². The van der Waals surface area contributed by atoms with Gasteiger partial charge in [-0.1, -0.05) is 25.4 Å². The van der Waals surface area contributed by atoms with E-state index >= 15 is 0 Å². The second-order valence-electron chi connectivity index (χ2n) is 5.08. The van der Waals surface area contributed by atoms with Crippen molar-refractivity contribution in [2.75, 3.05) is 0 Å². The van der Waals surface area contributed by atoms with Gasteiger partial charge in [-0.2, -0.15) is 5.26 Å². The fourth-order valence-corrected chi connectivity index (χ4v) is 2.07. The van der Waals surface area contributed by atoms with Gasteiger partial charge in [-0.3, -0.25) is 4.79 Å². The standard InChI is InChI=1S/C13H15ClN4O/c1-8(2)11-16-6-9(14)10(17-11)12(19)18-13(7-15)4-3-5-13/h6,8H,3-5H2,1-2H3,(H,18,19). The van der Waals surface area contributed by atoms with E-state index in [-0.39, 0.29) is 16.6 Å². The summed E-state index contributed by atoms with van der Waals surface area (Å²) >= 11 is 5.96. The SMILES string of the molecule is CC(C)c1ncc(Cl)c(C(=O)NC2(C#N)CCC2)n1. The number of rotatable bonds is 3. The first-order chi connectivity index (χ1) is 8.97. The molecule has 0 saturated heterocycles. The zero-order valence-electron chi connectivity index (χ0n) is 10.9. The number of nitrogens with one attached hydrogen (secondary N) is 1. The molecule has 0 aliphatic heterocycles. The minimum Gasteiger partial charge on any atom is -0.332 e. The number of hydrogen-bond donors (Lipinski definition) is 1. The zero-order valence-corrected chi connectivity index (χ0v) is 11.7. The fourth-order valence-electron chi connectivity index (χ4n) is 1.89. The van der Waals surface area contributed by atoms with Crippen molar-refractivity contribution in [3.63, 3.8) is 0 Å². The third-order valence-electron chi connectivity index (χ3n) is 3.27. The molecule has 1 saturated carbocycles. The minimum absolute atomic E-state index is 0.109. The van der Waals surface area contributed by atoms with E-state index in [9.17, 15) is 4.79 Å². The van der Waals surface area contributed by atoms with E-state index in [4.69, 9.17) is 16.9 Å². The van der Waals surface area contributed by atoms with Gasteiger partial charge in [0.2, 0.25) is 0 Å². The molecule has 0 unspecified atom stereocenters. The summed E-state index contributed by atoms with van der Waals surface area (Å²) < 4.78 is 0. The Labute approximate surface area is 117 Å². The van der Waals surface area contributed by atoms with Crippen molar-refractivity contribution in [2.24, 2.45) is 0 Å². The molecule has 19 heavy (non-hydrogen) atoms. The van der Waals surface area contributed by atoms with Crippen LogP contribution in [0, 0.1) is 11.3 Å². The highest BCUT2D eigenvalue weighted by molar-refractivity contribution is 6.33. The molecule has 1 aromatic heterocycles. The van der Waals surface area contributed by atoms with Crippen molar-refractivity contribution in [1.82, 2.24) is 15.3 Å². The van der Waals surface area contributed by atoms with Crippen molar-refractivity contribution in [2.45, 2.75) is 44.6 Å². The molecule has 1 heterocycles. The molecular weight excluding hydrogens is 264 g/mol. The number of carbonyl (C=O) groups is 1. The summed E-state index contributed by atoms with van der Waals surface area (Å²) in [5.74, 6) is 0.266. The number of amides is 1. The van der Waals surface area contributed by atoms with Crippen LogP contribution in [-0.4, -0.2) is 21.4 Å². The van der Waals surface area contributed by atoms with Crippen LogP contribution in [0.25, 0.3) is 0 Å². The average molecular weight is 279 g/mol. The molecule has 1 N–H and O–H groups in total. The molecule has 0 radical (unpaired) electrons. The summed E-state index contributed by atoms with van der Waals surface area (Å²) in [7, 11) is 0. The maximum absolute atomic E-state index is 12.2. The molecule has 1 amide bonds. The molecule has 5 nitrogen and oxygen atoms in total. The van der Waals surface area contributed by atoms with Crippen LogP contribution in [0.15, 0.2) is 6.20 Å². The Morgan fingerprint density at radius 1 is 1.58 bits per heavy atom. The van der Waals surface area contributed by atoms with Gasteiger partial charge in [0, 0.05) is 5.92 Å². The van der Waals surface area contributed by atoms with E-state index in [1.165, 1.54) is 6.20 Å². The lowest BCUT2D eigenvalue weighted by atomic mass is 9.78. The fraction of sp³-hybridized carbons (Fsp3) is 0.538.